The molecule has 8 heteroatoms. The number of sulfonamides is 1. The average Bonchev–Trinajstić information content (AvgIpc) is 2.62. The summed E-state index contributed by atoms with van der Waals surface area (Å²) in [5.41, 5.74) is 5.93. The lowest BCUT2D eigenvalue weighted by Gasteiger charge is -2.28. The van der Waals surface area contributed by atoms with E-state index in [9.17, 15) is 8.42 Å². The van der Waals surface area contributed by atoms with Gasteiger partial charge in [0.25, 0.3) is 10.0 Å². The number of nitrogens with one attached hydrogen (secondary N) is 1. The van der Waals surface area contributed by atoms with Crippen LogP contribution in [0.25, 0.3) is 0 Å². The molecule has 18 heavy (non-hydrogen) atoms. The minimum absolute atomic E-state index is 0.0121. The zero-order valence-electron chi connectivity index (χ0n) is 10.1. The van der Waals surface area contributed by atoms with E-state index in [1.165, 1.54) is 10.9 Å². The summed E-state index contributed by atoms with van der Waals surface area (Å²) in [5, 5.41) is 3.94. The van der Waals surface area contributed by atoms with Gasteiger partial charge in [-0.15, -0.1) is 0 Å². The first-order valence-electron chi connectivity index (χ1n) is 5.87. The fourth-order valence-corrected chi connectivity index (χ4v) is 4.24. The molecule has 1 aromatic heterocycles. The topological polar surface area (TPSA) is 90.0 Å². The fourth-order valence-electron chi connectivity index (χ4n) is 2.26. The molecule has 0 saturated heterocycles. The number of nitrogens with two attached hydrogens (primary N) is 1. The van der Waals surface area contributed by atoms with E-state index in [4.69, 9.17) is 17.3 Å². The van der Waals surface area contributed by atoms with Crippen LogP contribution in [0.15, 0.2) is 11.2 Å². The van der Waals surface area contributed by atoms with Crippen molar-refractivity contribution in [3.8, 4) is 0 Å². The minimum atomic E-state index is -3.67. The maximum Gasteiger partial charge on any atom is 0.259 e. The summed E-state index contributed by atoms with van der Waals surface area (Å²) in [5.74, 6) is 0. The lowest BCUT2D eigenvalue weighted by atomic mass is 9.92. The Bertz CT molecular complexity index is 508. The Morgan fingerprint density at radius 3 is 2.72 bits per heavy atom. The van der Waals surface area contributed by atoms with E-state index in [2.05, 4.69) is 9.82 Å². The van der Waals surface area contributed by atoms with Crippen LogP contribution < -0.4 is 10.5 Å². The average molecular weight is 293 g/mol. The summed E-state index contributed by atoms with van der Waals surface area (Å²) in [4.78, 5) is 0. The molecule has 1 saturated carbocycles. The van der Waals surface area contributed by atoms with Crippen LogP contribution in [0, 0.1) is 0 Å². The molecule has 1 aliphatic rings. The first-order valence-corrected chi connectivity index (χ1v) is 7.73. The quantitative estimate of drug-likeness (QED) is 0.854. The lowest BCUT2D eigenvalue weighted by molar-refractivity contribution is 0.360. The number of hydrogen-bond acceptors (Lipinski definition) is 4. The second kappa shape index (κ2) is 5.16. The third-order valence-electron chi connectivity index (χ3n) is 3.22. The highest BCUT2D eigenvalue weighted by Gasteiger charge is 2.30. The molecule has 0 spiro atoms. The Kier molecular flexibility index (Phi) is 3.96. The zero-order valence-corrected chi connectivity index (χ0v) is 11.7. The summed E-state index contributed by atoms with van der Waals surface area (Å²) >= 11 is 5.85. The number of rotatable bonds is 3. The van der Waals surface area contributed by atoms with Crippen LogP contribution in [-0.4, -0.2) is 30.3 Å². The smallest absolute Gasteiger partial charge is 0.259 e. The molecule has 1 heterocycles. The highest BCUT2D eigenvalue weighted by molar-refractivity contribution is 7.89. The number of hydrogen-bond donors (Lipinski definition) is 2. The van der Waals surface area contributed by atoms with Crippen molar-refractivity contribution in [2.24, 2.45) is 12.8 Å². The SMILES string of the molecule is Cn1ncc(Cl)c1S(=O)(=O)N[C@@H]1CCCC[C@H]1N. The molecule has 2 atom stereocenters. The van der Waals surface area contributed by atoms with Gasteiger partial charge in [0.2, 0.25) is 0 Å². The standard InChI is InChI=1S/C10H17ClN4O2S/c1-15-10(7(11)6-13-15)18(16,17)14-9-5-3-2-4-8(9)12/h6,8-9,14H,2-5,12H2,1H3/t8-,9-/m1/s1. The van der Waals surface area contributed by atoms with Crippen LogP contribution in [0.5, 0.6) is 0 Å². The molecule has 0 aliphatic heterocycles. The van der Waals surface area contributed by atoms with Crippen molar-refractivity contribution in [2.75, 3.05) is 0 Å². The van der Waals surface area contributed by atoms with Gasteiger partial charge in [0.05, 0.1) is 11.2 Å². The molecule has 0 radical (unpaired) electrons. The molecule has 6 nitrogen and oxygen atoms in total. The Morgan fingerprint density at radius 1 is 1.50 bits per heavy atom. The summed E-state index contributed by atoms with van der Waals surface area (Å²) < 4.78 is 28.4. The summed E-state index contributed by atoms with van der Waals surface area (Å²) in [6.45, 7) is 0. The van der Waals surface area contributed by atoms with Gasteiger partial charge in [-0.05, 0) is 12.8 Å². The van der Waals surface area contributed by atoms with Gasteiger partial charge in [0, 0.05) is 19.1 Å². The first kappa shape index (κ1) is 13.8. The monoisotopic (exact) mass is 292 g/mol. The van der Waals surface area contributed by atoms with Crippen LogP contribution >= 0.6 is 11.6 Å². The van der Waals surface area contributed by atoms with Gasteiger partial charge in [-0.2, -0.15) is 5.10 Å². The predicted octanol–water partition coefficient (Wildman–Crippen LogP) is 0.622. The molecule has 0 unspecified atom stereocenters. The maximum absolute atomic E-state index is 12.2. The van der Waals surface area contributed by atoms with Crippen molar-refractivity contribution in [2.45, 2.75) is 42.8 Å². The highest BCUT2D eigenvalue weighted by Crippen LogP contribution is 2.23. The molecule has 102 valence electrons. The number of nitrogens with zero attached hydrogens (tertiary/aromatic N) is 2. The van der Waals surface area contributed by atoms with Gasteiger partial charge in [0.15, 0.2) is 5.03 Å². The first-order chi connectivity index (χ1) is 8.42. The molecule has 0 amide bonds. The number of aryl methyl sites for hydroxylation is 1. The lowest BCUT2D eigenvalue weighted by Crippen LogP contribution is -2.49. The van der Waals surface area contributed by atoms with Gasteiger partial charge >= 0.3 is 0 Å². The van der Waals surface area contributed by atoms with Gasteiger partial charge < -0.3 is 5.73 Å². The van der Waals surface area contributed by atoms with Gasteiger partial charge in [-0.25, -0.2) is 13.1 Å². The normalized spacial score (nSPS) is 25.3. The van der Waals surface area contributed by atoms with Gasteiger partial charge in [-0.3, -0.25) is 4.68 Å². The molecule has 1 fully saturated rings. The molecule has 0 bridgehead atoms. The number of aromatic nitrogens is 2. The molecule has 2 rings (SSSR count). The Balaban J connectivity index is 2.22. The van der Waals surface area contributed by atoms with Crippen molar-refractivity contribution in [3.05, 3.63) is 11.2 Å². The molecule has 0 aromatic carbocycles. The zero-order chi connectivity index (χ0) is 13.3. The Hall–Kier alpha value is -0.630. The van der Waals surface area contributed by atoms with E-state index in [-0.39, 0.29) is 22.1 Å². The third-order valence-corrected chi connectivity index (χ3v) is 5.22. The van der Waals surface area contributed by atoms with Crippen LogP contribution in [0.2, 0.25) is 5.02 Å². The van der Waals surface area contributed by atoms with Crippen molar-refractivity contribution >= 4 is 21.6 Å². The van der Waals surface area contributed by atoms with E-state index >= 15 is 0 Å². The van der Waals surface area contributed by atoms with Crippen LogP contribution in [-0.2, 0) is 17.1 Å². The molecule has 3 N–H and O–H groups in total. The second-order valence-corrected chi connectivity index (χ2v) is 6.63. The highest BCUT2D eigenvalue weighted by atomic mass is 35.5. The molecule has 1 aromatic rings. The Morgan fingerprint density at radius 2 is 2.17 bits per heavy atom. The maximum atomic E-state index is 12.2. The van der Waals surface area contributed by atoms with Gasteiger partial charge in [0.1, 0.15) is 0 Å². The van der Waals surface area contributed by atoms with Crippen molar-refractivity contribution in [1.82, 2.24) is 14.5 Å². The third kappa shape index (κ3) is 2.69. The van der Waals surface area contributed by atoms with Gasteiger partial charge in [-0.1, -0.05) is 24.4 Å². The molecule has 1 aliphatic carbocycles. The predicted molar refractivity (Wildman–Crippen MR) is 68.8 cm³/mol. The largest absolute Gasteiger partial charge is 0.326 e. The van der Waals surface area contributed by atoms with E-state index in [1.807, 2.05) is 0 Å². The minimum Gasteiger partial charge on any atom is -0.326 e. The van der Waals surface area contributed by atoms with Crippen LogP contribution in [0.1, 0.15) is 25.7 Å². The summed E-state index contributed by atoms with van der Waals surface area (Å²) in [6, 6.07) is -0.366. The van der Waals surface area contributed by atoms with E-state index in [0.29, 0.717) is 0 Å². The molecular weight excluding hydrogens is 276 g/mol. The Labute approximate surface area is 112 Å². The van der Waals surface area contributed by atoms with E-state index < -0.39 is 10.0 Å². The second-order valence-electron chi connectivity index (χ2n) is 4.60. The fraction of sp³-hybridized carbons (Fsp3) is 0.700. The van der Waals surface area contributed by atoms with E-state index in [0.717, 1.165) is 25.7 Å². The molecular formula is C10H17ClN4O2S. The summed E-state index contributed by atoms with van der Waals surface area (Å²) in [6.07, 6.45) is 4.95. The van der Waals surface area contributed by atoms with Crippen molar-refractivity contribution in [3.63, 3.8) is 0 Å². The van der Waals surface area contributed by atoms with Crippen LogP contribution in [0.3, 0.4) is 0 Å². The number of halogens is 1. The summed E-state index contributed by atoms with van der Waals surface area (Å²) in [7, 11) is -2.13. The van der Waals surface area contributed by atoms with Crippen molar-refractivity contribution in [1.29, 1.82) is 0 Å². The van der Waals surface area contributed by atoms with E-state index in [1.54, 1.807) is 7.05 Å². The van der Waals surface area contributed by atoms with Crippen LogP contribution in [0.4, 0.5) is 0 Å². The van der Waals surface area contributed by atoms with Crippen molar-refractivity contribution < 1.29 is 8.42 Å².